The summed E-state index contributed by atoms with van der Waals surface area (Å²) in [6.45, 7) is 5.07. The van der Waals surface area contributed by atoms with Crippen LogP contribution in [0.15, 0.2) is 54.6 Å². The monoisotopic (exact) mass is 324 g/mol. The lowest BCUT2D eigenvalue weighted by atomic mass is 10.0. The van der Waals surface area contributed by atoms with Crippen molar-refractivity contribution in [2.75, 3.05) is 6.54 Å². The number of nitrogens with one attached hydrogen (secondary N) is 2. The lowest BCUT2D eigenvalue weighted by Gasteiger charge is -2.09. The average molecular weight is 324 g/mol. The van der Waals surface area contributed by atoms with Crippen LogP contribution >= 0.6 is 0 Å². The normalized spacial score (nSPS) is 10.5. The second kappa shape index (κ2) is 8.87. The summed E-state index contributed by atoms with van der Waals surface area (Å²) in [5, 5.41) is 5.29. The molecular weight excluding hydrogens is 300 g/mol. The van der Waals surface area contributed by atoms with Gasteiger partial charge < -0.3 is 10.6 Å². The summed E-state index contributed by atoms with van der Waals surface area (Å²) < 4.78 is 0. The summed E-state index contributed by atoms with van der Waals surface area (Å²) in [6.07, 6.45) is 0.705. The second-order valence-electron chi connectivity index (χ2n) is 6.07. The molecule has 0 aliphatic carbocycles. The van der Waals surface area contributed by atoms with Gasteiger partial charge in [0, 0.05) is 13.1 Å². The van der Waals surface area contributed by atoms with Crippen LogP contribution in [0.2, 0.25) is 0 Å². The topological polar surface area (TPSA) is 58.2 Å². The van der Waals surface area contributed by atoms with E-state index in [4.69, 9.17) is 0 Å². The molecule has 0 radical (unpaired) electrons. The zero-order chi connectivity index (χ0) is 17.4. The minimum atomic E-state index is -0.601. The zero-order valence-corrected chi connectivity index (χ0v) is 14.2. The van der Waals surface area contributed by atoms with Gasteiger partial charge in [-0.1, -0.05) is 68.4 Å². The molecule has 0 atom stereocenters. The first-order valence-corrected chi connectivity index (χ1v) is 8.25. The van der Waals surface area contributed by atoms with Crippen molar-refractivity contribution in [3.05, 3.63) is 71.3 Å². The van der Waals surface area contributed by atoms with E-state index >= 15 is 0 Å². The van der Waals surface area contributed by atoms with Gasteiger partial charge in [-0.15, -0.1) is 0 Å². The summed E-state index contributed by atoms with van der Waals surface area (Å²) in [5.41, 5.74) is 3.36. The van der Waals surface area contributed by atoms with Gasteiger partial charge in [-0.3, -0.25) is 9.59 Å². The van der Waals surface area contributed by atoms with Crippen LogP contribution in [0.25, 0.3) is 0 Å². The molecule has 2 amide bonds. The molecule has 0 bridgehead atoms. The van der Waals surface area contributed by atoms with Crippen molar-refractivity contribution in [3.8, 4) is 0 Å². The van der Waals surface area contributed by atoms with Gasteiger partial charge in [0.15, 0.2) is 0 Å². The molecule has 2 aromatic rings. The number of hydrogen-bond donors (Lipinski definition) is 2. The molecule has 0 aromatic heterocycles. The van der Waals surface area contributed by atoms with Crippen LogP contribution < -0.4 is 10.6 Å². The first-order chi connectivity index (χ1) is 11.6. The van der Waals surface area contributed by atoms with E-state index in [1.165, 1.54) is 5.56 Å². The molecule has 0 spiro atoms. The molecule has 2 aromatic carbocycles. The van der Waals surface area contributed by atoms with Gasteiger partial charge in [0.1, 0.15) is 0 Å². The largest absolute Gasteiger partial charge is 0.348 e. The van der Waals surface area contributed by atoms with E-state index in [-0.39, 0.29) is 0 Å². The Morgan fingerprint density at radius 1 is 0.833 bits per heavy atom. The highest BCUT2D eigenvalue weighted by atomic mass is 16.2. The Morgan fingerprint density at radius 2 is 1.46 bits per heavy atom. The van der Waals surface area contributed by atoms with E-state index in [2.05, 4.69) is 24.5 Å². The van der Waals surface area contributed by atoms with Crippen molar-refractivity contribution in [3.63, 3.8) is 0 Å². The van der Waals surface area contributed by atoms with Crippen LogP contribution in [0.1, 0.15) is 36.5 Å². The van der Waals surface area contributed by atoms with Crippen LogP contribution in [-0.4, -0.2) is 18.4 Å². The van der Waals surface area contributed by atoms with Gasteiger partial charge in [-0.2, -0.15) is 0 Å². The number of carbonyl (C=O) groups is 2. The summed E-state index contributed by atoms with van der Waals surface area (Å²) in [7, 11) is 0. The van der Waals surface area contributed by atoms with E-state index in [1.54, 1.807) is 0 Å². The summed E-state index contributed by atoms with van der Waals surface area (Å²) in [6, 6.07) is 17.9. The van der Waals surface area contributed by atoms with Crippen LogP contribution in [0.4, 0.5) is 0 Å². The number of hydrogen-bond acceptors (Lipinski definition) is 2. The number of amides is 2. The highest BCUT2D eigenvalue weighted by molar-refractivity contribution is 6.35. The molecule has 2 rings (SSSR count). The number of benzene rings is 2. The fourth-order valence-corrected chi connectivity index (χ4v) is 2.33. The smallest absolute Gasteiger partial charge is 0.309 e. The molecule has 0 heterocycles. The SMILES string of the molecule is CC(C)c1ccc(CNC(=O)C(=O)NCCc2ccccc2)cc1. The zero-order valence-electron chi connectivity index (χ0n) is 14.2. The summed E-state index contributed by atoms with van der Waals surface area (Å²) in [5.74, 6) is -0.718. The molecule has 2 N–H and O–H groups in total. The van der Waals surface area contributed by atoms with Crippen molar-refractivity contribution in [1.82, 2.24) is 10.6 Å². The van der Waals surface area contributed by atoms with Crippen LogP contribution in [-0.2, 0) is 22.6 Å². The fraction of sp³-hybridized carbons (Fsp3) is 0.300. The van der Waals surface area contributed by atoms with Gasteiger partial charge in [0.2, 0.25) is 0 Å². The maximum atomic E-state index is 11.8. The lowest BCUT2D eigenvalue weighted by Crippen LogP contribution is -2.40. The minimum Gasteiger partial charge on any atom is -0.348 e. The number of carbonyl (C=O) groups excluding carboxylic acids is 2. The standard InChI is InChI=1S/C20H24N2O2/c1-15(2)18-10-8-17(9-11-18)14-22-20(24)19(23)21-13-12-16-6-4-3-5-7-16/h3-11,15H,12-14H2,1-2H3,(H,21,23)(H,22,24). The maximum Gasteiger partial charge on any atom is 0.309 e. The summed E-state index contributed by atoms with van der Waals surface area (Å²) >= 11 is 0. The van der Waals surface area contributed by atoms with Gasteiger partial charge in [0.05, 0.1) is 0 Å². The van der Waals surface area contributed by atoms with Crippen LogP contribution in [0.3, 0.4) is 0 Å². The van der Waals surface area contributed by atoms with Crippen LogP contribution in [0.5, 0.6) is 0 Å². The third-order valence-corrected chi connectivity index (χ3v) is 3.85. The molecule has 4 heteroatoms. The number of rotatable bonds is 6. The highest BCUT2D eigenvalue weighted by Gasteiger charge is 2.12. The van der Waals surface area contributed by atoms with Crippen molar-refractivity contribution >= 4 is 11.8 Å². The fourth-order valence-electron chi connectivity index (χ4n) is 2.33. The third-order valence-electron chi connectivity index (χ3n) is 3.85. The highest BCUT2D eigenvalue weighted by Crippen LogP contribution is 2.14. The Labute approximate surface area is 143 Å². The molecule has 0 unspecified atom stereocenters. The minimum absolute atomic E-state index is 0.351. The molecule has 0 fully saturated rings. The molecular formula is C20H24N2O2. The van der Waals surface area contributed by atoms with E-state index < -0.39 is 11.8 Å². The molecule has 0 aliphatic heterocycles. The van der Waals surface area contributed by atoms with E-state index in [0.29, 0.717) is 25.4 Å². The Kier molecular flexibility index (Phi) is 6.55. The Hall–Kier alpha value is -2.62. The first kappa shape index (κ1) is 17.7. The molecule has 24 heavy (non-hydrogen) atoms. The predicted octanol–water partition coefficient (Wildman–Crippen LogP) is 2.79. The van der Waals surface area contributed by atoms with E-state index in [9.17, 15) is 9.59 Å². The van der Waals surface area contributed by atoms with Gasteiger partial charge >= 0.3 is 11.8 Å². The Morgan fingerprint density at radius 3 is 2.08 bits per heavy atom. The van der Waals surface area contributed by atoms with Crippen molar-refractivity contribution in [1.29, 1.82) is 0 Å². The van der Waals surface area contributed by atoms with Gasteiger partial charge in [-0.05, 0) is 29.0 Å². The van der Waals surface area contributed by atoms with Crippen molar-refractivity contribution < 1.29 is 9.59 Å². The molecule has 0 aliphatic rings. The van der Waals surface area contributed by atoms with Crippen molar-refractivity contribution in [2.24, 2.45) is 0 Å². The lowest BCUT2D eigenvalue weighted by molar-refractivity contribution is -0.139. The molecule has 0 saturated heterocycles. The third kappa shape index (κ3) is 5.54. The van der Waals surface area contributed by atoms with Gasteiger partial charge in [-0.25, -0.2) is 0 Å². The molecule has 4 nitrogen and oxygen atoms in total. The molecule has 126 valence electrons. The van der Waals surface area contributed by atoms with Crippen LogP contribution in [0, 0.1) is 0 Å². The van der Waals surface area contributed by atoms with Gasteiger partial charge in [0.25, 0.3) is 0 Å². The molecule has 0 saturated carbocycles. The maximum absolute atomic E-state index is 11.8. The first-order valence-electron chi connectivity index (χ1n) is 8.25. The van der Waals surface area contributed by atoms with Crippen molar-refractivity contribution in [2.45, 2.75) is 32.7 Å². The van der Waals surface area contributed by atoms with E-state index in [0.717, 1.165) is 11.1 Å². The van der Waals surface area contributed by atoms with E-state index in [1.807, 2.05) is 54.6 Å². The Balaban J connectivity index is 1.72. The summed E-state index contributed by atoms with van der Waals surface area (Å²) in [4.78, 5) is 23.6. The Bertz CT molecular complexity index is 664. The quantitative estimate of drug-likeness (QED) is 0.803. The second-order valence-corrected chi connectivity index (χ2v) is 6.07. The average Bonchev–Trinajstić information content (AvgIpc) is 2.60. The predicted molar refractivity (Wildman–Crippen MR) is 95.5 cm³/mol.